The molecular formula is C23H22ClFN4O2. The SMILES string of the molecule is Cc1cc(OCC(=O)N2CCN(c3cc(-c4ccc(F)cc4)ncn3)CC2)ccc1Cl. The lowest BCUT2D eigenvalue weighted by molar-refractivity contribution is -0.133. The van der Waals surface area contributed by atoms with Gasteiger partial charge in [0, 0.05) is 42.8 Å². The molecular weight excluding hydrogens is 419 g/mol. The third kappa shape index (κ3) is 5.11. The van der Waals surface area contributed by atoms with E-state index in [-0.39, 0.29) is 18.3 Å². The molecule has 1 amide bonds. The minimum Gasteiger partial charge on any atom is -0.484 e. The topological polar surface area (TPSA) is 58.6 Å². The number of ether oxygens (including phenoxy) is 1. The molecule has 160 valence electrons. The molecule has 1 aliphatic rings. The first-order valence-electron chi connectivity index (χ1n) is 9.99. The van der Waals surface area contributed by atoms with Crippen LogP contribution in [0.5, 0.6) is 5.75 Å². The number of carbonyl (C=O) groups excluding carboxylic acids is 1. The second kappa shape index (κ2) is 9.31. The molecule has 8 heteroatoms. The quantitative estimate of drug-likeness (QED) is 0.600. The van der Waals surface area contributed by atoms with Crippen LogP contribution >= 0.6 is 11.6 Å². The van der Waals surface area contributed by atoms with Gasteiger partial charge in [0.2, 0.25) is 0 Å². The van der Waals surface area contributed by atoms with E-state index < -0.39 is 0 Å². The highest BCUT2D eigenvalue weighted by Gasteiger charge is 2.22. The number of benzene rings is 2. The number of aryl methyl sites for hydroxylation is 1. The monoisotopic (exact) mass is 440 g/mol. The van der Waals surface area contributed by atoms with Crippen LogP contribution in [0.25, 0.3) is 11.3 Å². The maximum absolute atomic E-state index is 13.2. The van der Waals surface area contributed by atoms with Gasteiger partial charge < -0.3 is 14.5 Å². The molecule has 0 atom stereocenters. The van der Waals surface area contributed by atoms with Crippen LogP contribution in [0.3, 0.4) is 0 Å². The van der Waals surface area contributed by atoms with Crippen LogP contribution < -0.4 is 9.64 Å². The summed E-state index contributed by atoms with van der Waals surface area (Å²) in [6, 6.07) is 13.4. The number of hydrogen-bond donors (Lipinski definition) is 0. The van der Waals surface area contributed by atoms with Gasteiger partial charge in [0.05, 0.1) is 5.69 Å². The summed E-state index contributed by atoms with van der Waals surface area (Å²) in [5.41, 5.74) is 2.47. The molecule has 0 bridgehead atoms. The van der Waals surface area contributed by atoms with E-state index in [0.29, 0.717) is 37.0 Å². The lowest BCUT2D eigenvalue weighted by atomic mass is 10.1. The second-order valence-electron chi connectivity index (χ2n) is 7.34. The average molecular weight is 441 g/mol. The smallest absolute Gasteiger partial charge is 0.260 e. The van der Waals surface area contributed by atoms with Crippen molar-refractivity contribution in [3.63, 3.8) is 0 Å². The summed E-state index contributed by atoms with van der Waals surface area (Å²) in [5.74, 6) is 1.08. The van der Waals surface area contributed by atoms with Crippen molar-refractivity contribution in [1.29, 1.82) is 0 Å². The fourth-order valence-electron chi connectivity index (χ4n) is 3.43. The minimum absolute atomic E-state index is 0.0106. The number of rotatable bonds is 5. The number of hydrogen-bond acceptors (Lipinski definition) is 5. The summed E-state index contributed by atoms with van der Waals surface area (Å²) < 4.78 is 18.8. The third-order valence-corrected chi connectivity index (χ3v) is 5.66. The summed E-state index contributed by atoms with van der Waals surface area (Å²) in [6.07, 6.45) is 1.51. The fraction of sp³-hybridized carbons (Fsp3) is 0.261. The number of carbonyl (C=O) groups is 1. The number of aromatic nitrogens is 2. The first-order chi connectivity index (χ1) is 15.0. The Morgan fingerprint density at radius 1 is 1.06 bits per heavy atom. The van der Waals surface area contributed by atoms with Crippen LogP contribution in [0.15, 0.2) is 54.9 Å². The van der Waals surface area contributed by atoms with Crippen LogP contribution in [0.1, 0.15) is 5.56 Å². The Bertz CT molecular complexity index is 1070. The normalized spacial score (nSPS) is 13.9. The van der Waals surface area contributed by atoms with E-state index in [2.05, 4.69) is 14.9 Å². The van der Waals surface area contributed by atoms with Gasteiger partial charge in [0.15, 0.2) is 6.61 Å². The molecule has 1 aromatic heterocycles. The predicted octanol–water partition coefficient (Wildman–Crippen LogP) is 3.97. The van der Waals surface area contributed by atoms with Crippen molar-refractivity contribution < 1.29 is 13.9 Å². The fourth-order valence-corrected chi connectivity index (χ4v) is 3.54. The standard InChI is InChI=1S/C23H22ClFN4O2/c1-16-12-19(6-7-20(16)24)31-14-23(30)29-10-8-28(9-11-29)22-13-21(26-15-27-22)17-2-4-18(25)5-3-17/h2-7,12-13,15H,8-11,14H2,1H3. The molecule has 0 saturated carbocycles. The minimum atomic E-state index is -0.283. The third-order valence-electron chi connectivity index (χ3n) is 5.24. The molecule has 31 heavy (non-hydrogen) atoms. The van der Waals surface area contributed by atoms with Gasteiger partial charge in [-0.2, -0.15) is 0 Å². The average Bonchev–Trinajstić information content (AvgIpc) is 2.80. The molecule has 0 spiro atoms. The molecule has 6 nitrogen and oxygen atoms in total. The largest absolute Gasteiger partial charge is 0.484 e. The number of nitrogens with zero attached hydrogens (tertiary/aromatic N) is 4. The predicted molar refractivity (Wildman–Crippen MR) is 118 cm³/mol. The van der Waals surface area contributed by atoms with Crippen molar-refractivity contribution >= 4 is 23.3 Å². The molecule has 1 aliphatic heterocycles. The highest BCUT2D eigenvalue weighted by atomic mass is 35.5. The first-order valence-corrected chi connectivity index (χ1v) is 10.4. The summed E-state index contributed by atoms with van der Waals surface area (Å²) in [7, 11) is 0. The molecule has 0 N–H and O–H groups in total. The second-order valence-corrected chi connectivity index (χ2v) is 7.74. The van der Waals surface area contributed by atoms with Gasteiger partial charge in [-0.1, -0.05) is 11.6 Å². The maximum Gasteiger partial charge on any atom is 0.260 e. The van der Waals surface area contributed by atoms with Crippen LogP contribution in [0.4, 0.5) is 10.2 Å². The highest BCUT2D eigenvalue weighted by molar-refractivity contribution is 6.31. The van der Waals surface area contributed by atoms with E-state index in [1.807, 2.05) is 19.1 Å². The zero-order chi connectivity index (χ0) is 21.8. The molecule has 2 heterocycles. The summed E-state index contributed by atoms with van der Waals surface area (Å²) >= 11 is 6.02. The molecule has 1 fully saturated rings. The first kappa shape index (κ1) is 21.1. The molecule has 1 saturated heterocycles. The van der Waals surface area contributed by atoms with Crippen LogP contribution in [0.2, 0.25) is 5.02 Å². The van der Waals surface area contributed by atoms with Gasteiger partial charge in [-0.15, -0.1) is 0 Å². The van der Waals surface area contributed by atoms with Crippen molar-refractivity contribution in [3.05, 3.63) is 71.3 Å². The molecule has 0 unspecified atom stereocenters. The lowest BCUT2D eigenvalue weighted by Crippen LogP contribution is -2.50. The number of piperazine rings is 1. The Labute approximate surface area is 185 Å². The van der Waals surface area contributed by atoms with Gasteiger partial charge in [-0.25, -0.2) is 14.4 Å². The van der Waals surface area contributed by atoms with Gasteiger partial charge in [0.1, 0.15) is 23.7 Å². The van der Waals surface area contributed by atoms with Crippen molar-refractivity contribution in [3.8, 4) is 17.0 Å². The van der Waals surface area contributed by atoms with E-state index in [1.54, 1.807) is 29.2 Å². The van der Waals surface area contributed by atoms with Crippen molar-refractivity contribution in [1.82, 2.24) is 14.9 Å². The Hall–Kier alpha value is -3.19. The van der Waals surface area contributed by atoms with E-state index in [1.165, 1.54) is 18.5 Å². The molecule has 2 aromatic carbocycles. The van der Waals surface area contributed by atoms with Crippen LogP contribution in [-0.2, 0) is 4.79 Å². The van der Waals surface area contributed by atoms with Gasteiger partial charge >= 0.3 is 0 Å². The van der Waals surface area contributed by atoms with Gasteiger partial charge in [-0.3, -0.25) is 4.79 Å². The van der Waals surface area contributed by atoms with Crippen molar-refractivity contribution in [2.75, 3.05) is 37.7 Å². The Morgan fingerprint density at radius 3 is 2.52 bits per heavy atom. The van der Waals surface area contributed by atoms with Gasteiger partial charge in [0.25, 0.3) is 5.91 Å². The Kier molecular flexibility index (Phi) is 6.32. The maximum atomic E-state index is 13.2. The van der Waals surface area contributed by atoms with Crippen molar-refractivity contribution in [2.45, 2.75) is 6.92 Å². The molecule has 3 aromatic rings. The Morgan fingerprint density at radius 2 is 1.81 bits per heavy atom. The molecule has 0 radical (unpaired) electrons. The molecule has 0 aliphatic carbocycles. The van der Waals surface area contributed by atoms with Crippen LogP contribution in [-0.4, -0.2) is 53.6 Å². The van der Waals surface area contributed by atoms with E-state index >= 15 is 0 Å². The summed E-state index contributed by atoms with van der Waals surface area (Å²) in [4.78, 5) is 25.1. The highest BCUT2D eigenvalue weighted by Crippen LogP contribution is 2.23. The zero-order valence-corrected chi connectivity index (χ0v) is 17.8. The van der Waals surface area contributed by atoms with Crippen LogP contribution in [0, 0.1) is 12.7 Å². The Balaban J connectivity index is 1.33. The zero-order valence-electron chi connectivity index (χ0n) is 17.1. The van der Waals surface area contributed by atoms with Crippen molar-refractivity contribution in [2.24, 2.45) is 0 Å². The van der Waals surface area contributed by atoms with Gasteiger partial charge in [-0.05, 0) is 55.0 Å². The number of halogens is 2. The summed E-state index contributed by atoms with van der Waals surface area (Å²) in [5, 5.41) is 0.669. The van der Waals surface area contributed by atoms with E-state index in [4.69, 9.17) is 16.3 Å². The molecule has 4 rings (SSSR count). The number of anilines is 1. The summed E-state index contributed by atoms with van der Waals surface area (Å²) in [6.45, 7) is 4.36. The van der Waals surface area contributed by atoms with E-state index in [9.17, 15) is 9.18 Å². The van der Waals surface area contributed by atoms with E-state index in [0.717, 1.165) is 22.6 Å². The number of amides is 1. The lowest BCUT2D eigenvalue weighted by Gasteiger charge is -2.35.